The highest BCUT2D eigenvalue weighted by molar-refractivity contribution is 5.76. The summed E-state index contributed by atoms with van der Waals surface area (Å²) < 4.78 is 0. The van der Waals surface area contributed by atoms with Crippen LogP contribution in [0.15, 0.2) is 0 Å². The Hall–Kier alpha value is -0.570. The standard InChI is InChI=1S/C16H32N2O/c1-5-16(4)6-8-18(9-7-16)15(19)11-14(12-17)10-13(2)3/h13-14H,5-12,17H2,1-4H3/t14-/m0/s1. The van der Waals surface area contributed by atoms with Crippen LogP contribution in [0.5, 0.6) is 0 Å². The maximum absolute atomic E-state index is 12.3. The van der Waals surface area contributed by atoms with Crippen LogP contribution in [0, 0.1) is 17.3 Å². The highest BCUT2D eigenvalue weighted by Crippen LogP contribution is 2.34. The van der Waals surface area contributed by atoms with Crippen molar-refractivity contribution >= 4 is 5.91 Å². The summed E-state index contributed by atoms with van der Waals surface area (Å²) in [7, 11) is 0. The monoisotopic (exact) mass is 268 g/mol. The van der Waals surface area contributed by atoms with Crippen LogP contribution in [0.4, 0.5) is 0 Å². The second-order valence-corrected chi connectivity index (χ2v) is 6.98. The zero-order valence-electron chi connectivity index (χ0n) is 13.2. The highest BCUT2D eigenvalue weighted by atomic mass is 16.2. The molecule has 1 saturated heterocycles. The maximum Gasteiger partial charge on any atom is 0.222 e. The fourth-order valence-corrected chi connectivity index (χ4v) is 2.96. The molecule has 0 radical (unpaired) electrons. The molecule has 0 saturated carbocycles. The van der Waals surface area contributed by atoms with Gasteiger partial charge in [-0.25, -0.2) is 0 Å². The van der Waals surface area contributed by atoms with E-state index >= 15 is 0 Å². The molecule has 0 aromatic rings. The number of hydrogen-bond donors (Lipinski definition) is 1. The Morgan fingerprint density at radius 2 is 1.89 bits per heavy atom. The van der Waals surface area contributed by atoms with Crippen molar-refractivity contribution in [2.45, 2.75) is 59.8 Å². The number of carbonyl (C=O) groups is 1. The Kier molecular flexibility index (Phi) is 6.31. The Balaban J connectivity index is 2.42. The summed E-state index contributed by atoms with van der Waals surface area (Å²) >= 11 is 0. The molecule has 2 N–H and O–H groups in total. The van der Waals surface area contributed by atoms with E-state index in [9.17, 15) is 4.79 Å². The van der Waals surface area contributed by atoms with Crippen molar-refractivity contribution in [2.24, 2.45) is 23.0 Å². The summed E-state index contributed by atoms with van der Waals surface area (Å²) in [5.74, 6) is 1.28. The number of carbonyl (C=O) groups excluding carboxylic acids is 1. The third-order valence-electron chi connectivity index (χ3n) is 4.78. The van der Waals surface area contributed by atoms with E-state index in [1.54, 1.807) is 0 Å². The summed E-state index contributed by atoms with van der Waals surface area (Å²) in [4.78, 5) is 14.4. The number of rotatable bonds is 6. The van der Waals surface area contributed by atoms with Crippen LogP contribution in [0.1, 0.15) is 59.8 Å². The first kappa shape index (κ1) is 16.5. The van der Waals surface area contributed by atoms with Crippen LogP contribution in [-0.2, 0) is 4.79 Å². The Labute approximate surface area is 118 Å². The molecular formula is C16H32N2O. The van der Waals surface area contributed by atoms with Crippen LogP contribution < -0.4 is 5.73 Å². The molecule has 0 aromatic heterocycles. The molecule has 1 rings (SSSR count). The van der Waals surface area contributed by atoms with Gasteiger partial charge in [0.15, 0.2) is 0 Å². The van der Waals surface area contributed by atoms with Crippen molar-refractivity contribution in [3.05, 3.63) is 0 Å². The molecule has 0 aliphatic carbocycles. The third-order valence-corrected chi connectivity index (χ3v) is 4.78. The fourth-order valence-electron chi connectivity index (χ4n) is 2.96. The predicted octanol–water partition coefficient (Wildman–Crippen LogP) is 3.04. The van der Waals surface area contributed by atoms with E-state index in [-0.39, 0.29) is 0 Å². The van der Waals surface area contributed by atoms with Crippen molar-refractivity contribution in [2.75, 3.05) is 19.6 Å². The van der Waals surface area contributed by atoms with Crippen molar-refractivity contribution in [1.29, 1.82) is 0 Å². The van der Waals surface area contributed by atoms with Crippen LogP contribution in [0.2, 0.25) is 0 Å². The molecule has 19 heavy (non-hydrogen) atoms. The van der Waals surface area contributed by atoms with Gasteiger partial charge in [0.25, 0.3) is 0 Å². The maximum atomic E-state index is 12.3. The zero-order valence-corrected chi connectivity index (χ0v) is 13.2. The Morgan fingerprint density at radius 1 is 1.32 bits per heavy atom. The van der Waals surface area contributed by atoms with Crippen molar-refractivity contribution in [3.63, 3.8) is 0 Å². The molecule has 1 fully saturated rings. The Morgan fingerprint density at radius 3 is 2.32 bits per heavy atom. The lowest BCUT2D eigenvalue weighted by Crippen LogP contribution is -2.42. The normalized spacial score (nSPS) is 20.6. The minimum atomic E-state index is 0.314. The van der Waals surface area contributed by atoms with Crippen molar-refractivity contribution < 1.29 is 4.79 Å². The molecule has 1 atom stereocenters. The minimum absolute atomic E-state index is 0.314. The lowest BCUT2D eigenvalue weighted by atomic mass is 9.78. The molecule has 0 spiro atoms. The number of nitrogens with two attached hydrogens (primary N) is 1. The van der Waals surface area contributed by atoms with Gasteiger partial charge < -0.3 is 10.6 Å². The van der Waals surface area contributed by atoms with Gasteiger partial charge in [-0.1, -0.05) is 34.1 Å². The van der Waals surface area contributed by atoms with E-state index in [1.807, 2.05) is 0 Å². The van der Waals surface area contributed by atoms with Crippen LogP contribution >= 0.6 is 0 Å². The lowest BCUT2D eigenvalue weighted by Gasteiger charge is -2.39. The number of likely N-dealkylation sites (tertiary alicyclic amines) is 1. The average Bonchev–Trinajstić information content (AvgIpc) is 2.38. The molecule has 0 aromatic carbocycles. The molecular weight excluding hydrogens is 236 g/mol. The first-order chi connectivity index (χ1) is 8.90. The van der Waals surface area contributed by atoms with Crippen molar-refractivity contribution in [3.8, 4) is 0 Å². The second-order valence-electron chi connectivity index (χ2n) is 6.98. The third kappa shape index (κ3) is 5.13. The van der Waals surface area contributed by atoms with Crippen LogP contribution in [0.3, 0.4) is 0 Å². The summed E-state index contributed by atoms with van der Waals surface area (Å²) in [6.45, 7) is 11.5. The van der Waals surface area contributed by atoms with Gasteiger partial charge in [-0.3, -0.25) is 4.79 Å². The highest BCUT2D eigenvalue weighted by Gasteiger charge is 2.30. The molecule has 1 aliphatic rings. The molecule has 3 heteroatoms. The molecule has 1 heterocycles. The van der Waals surface area contributed by atoms with Gasteiger partial charge in [-0.2, -0.15) is 0 Å². The van der Waals surface area contributed by atoms with Crippen molar-refractivity contribution in [1.82, 2.24) is 4.90 Å². The first-order valence-corrected chi connectivity index (χ1v) is 7.88. The van der Waals surface area contributed by atoms with E-state index < -0.39 is 0 Å². The van der Waals surface area contributed by atoms with Crippen LogP contribution in [-0.4, -0.2) is 30.4 Å². The zero-order chi connectivity index (χ0) is 14.5. The molecule has 0 bridgehead atoms. The van der Waals surface area contributed by atoms with Gasteiger partial charge in [0.2, 0.25) is 5.91 Å². The van der Waals surface area contributed by atoms with E-state index in [0.29, 0.717) is 36.1 Å². The smallest absolute Gasteiger partial charge is 0.222 e. The van der Waals surface area contributed by atoms with Crippen LogP contribution in [0.25, 0.3) is 0 Å². The number of piperidine rings is 1. The van der Waals surface area contributed by atoms with Gasteiger partial charge in [0.05, 0.1) is 0 Å². The summed E-state index contributed by atoms with van der Waals surface area (Å²) in [5, 5.41) is 0. The van der Waals surface area contributed by atoms with E-state index in [1.165, 1.54) is 6.42 Å². The minimum Gasteiger partial charge on any atom is -0.343 e. The summed E-state index contributed by atoms with van der Waals surface area (Å²) in [6, 6.07) is 0. The number of nitrogens with zero attached hydrogens (tertiary/aromatic N) is 1. The molecule has 1 aliphatic heterocycles. The topological polar surface area (TPSA) is 46.3 Å². The predicted molar refractivity (Wildman–Crippen MR) is 80.8 cm³/mol. The van der Waals surface area contributed by atoms with Gasteiger partial charge in [-0.15, -0.1) is 0 Å². The molecule has 3 nitrogen and oxygen atoms in total. The second kappa shape index (κ2) is 7.28. The SMILES string of the molecule is CCC1(C)CCN(C(=O)C[C@@H](CN)CC(C)C)CC1. The largest absolute Gasteiger partial charge is 0.343 e. The van der Waals surface area contributed by atoms with Gasteiger partial charge in [0.1, 0.15) is 0 Å². The lowest BCUT2D eigenvalue weighted by molar-refractivity contribution is -0.134. The quantitative estimate of drug-likeness (QED) is 0.805. The van der Waals surface area contributed by atoms with Gasteiger partial charge >= 0.3 is 0 Å². The summed E-state index contributed by atoms with van der Waals surface area (Å²) in [5.41, 5.74) is 6.24. The van der Waals surface area contributed by atoms with Gasteiger partial charge in [-0.05, 0) is 43.1 Å². The molecule has 112 valence electrons. The molecule has 1 amide bonds. The van der Waals surface area contributed by atoms with E-state index in [4.69, 9.17) is 5.73 Å². The Bertz CT molecular complexity index is 280. The van der Waals surface area contributed by atoms with E-state index in [0.717, 1.165) is 32.4 Å². The average molecular weight is 268 g/mol. The number of amides is 1. The number of hydrogen-bond acceptors (Lipinski definition) is 2. The summed E-state index contributed by atoms with van der Waals surface area (Å²) in [6.07, 6.45) is 5.20. The van der Waals surface area contributed by atoms with E-state index in [2.05, 4.69) is 32.6 Å². The molecule has 0 unspecified atom stereocenters. The van der Waals surface area contributed by atoms with Gasteiger partial charge in [0, 0.05) is 19.5 Å². The fraction of sp³-hybridized carbons (Fsp3) is 0.938. The first-order valence-electron chi connectivity index (χ1n) is 7.88.